The minimum Gasteiger partial charge on any atom is -0.459 e. The minimum absolute atomic E-state index is 0.229. The van der Waals surface area contributed by atoms with E-state index >= 15 is 0 Å². The van der Waals surface area contributed by atoms with Gasteiger partial charge in [0.05, 0.1) is 10.8 Å². The second kappa shape index (κ2) is 7.17. The summed E-state index contributed by atoms with van der Waals surface area (Å²) in [5, 5.41) is 3.73. The molecule has 1 aromatic carbocycles. The summed E-state index contributed by atoms with van der Waals surface area (Å²) >= 11 is 7.58. The Labute approximate surface area is 124 Å². The van der Waals surface area contributed by atoms with Crippen LogP contribution in [0.15, 0.2) is 23.1 Å². The molecule has 5 heteroatoms. The monoisotopic (exact) mass is 301 g/mol. The molecule has 0 atom stereocenters. The van der Waals surface area contributed by atoms with Crippen LogP contribution in [0.3, 0.4) is 0 Å². The fourth-order valence-electron chi connectivity index (χ4n) is 1.48. The number of rotatable bonds is 5. The zero-order valence-electron chi connectivity index (χ0n) is 11.7. The van der Waals surface area contributed by atoms with Crippen LogP contribution in [-0.2, 0) is 16.1 Å². The standard InChI is InChI=1S/C14H20ClNO2S/c1-14(2,3)18-13(17)9-19-12-6-5-10(8-16-4)7-11(12)15/h5-7,16H,8-9H2,1-4H3. The van der Waals surface area contributed by atoms with Crippen LogP contribution in [0.1, 0.15) is 26.3 Å². The summed E-state index contributed by atoms with van der Waals surface area (Å²) in [6, 6.07) is 5.85. The molecule has 0 bridgehead atoms. The first-order chi connectivity index (χ1) is 8.81. The topological polar surface area (TPSA) is 38.3 Å². The molecule has 19 heavy (non-hydrogen) atoms. The van der Waals surface area contributed by atoms with E-state index < -0.39 is 5.60 Å². The van der Waals surface area contributed by atoms with Crippen molar-refractivity contribution in [2.75, 3.05) is 12.8 Å². The number of thioether (sulfide) groups is 1. The smallest absolute Gasteiger partial charge is 0.316 e. The average Bonchev–Trinajstić information content (AvgIpc) is 2.26. The maximum Gasteiger partial charge on any atom is 0.316 e. The number of hydrogen-bond donors (Lipinski definition) is 1. The van der Waals surface area contributed by atoms with Crippen LogP contribution < -0.4 is 5.32 Å². The van der Waals surface area contributed by atoms with Gasteiger partial charge in [0.1, 0.15) is 5.60 Å². The normalized spacial score (nSPS) is 11.4. The van der Waals surface area contributed by atoms with Crippen LogP contribution in [0.4, 0.5) is 0 Å². The quantitative estimate of drug-likeness (QED) is 0.667. The SMILES string of the molecule is CNCc1ccc(SCC(=O)OC(C)(C)C)c(Cl)c1. The molecule has 0 saturated carbocycles. The van der Waals surface area contributed by atoms with Crippen molar-refractivity contribution < 1.29 is 9.53 Å². The van der Waals surface area contributed by atoms with E-state index in [0.717, 1.165) is 17.0 Å². The first-order valence-corrected chi connectivity index (χ1v) is 7.46. The fraction of sp³-hybridized carbons (Fsp3) is 0.500. The van der Waals surface area contributed by atoms with E-state index in [1.807, 2.05) is 46.0 Å². The van der Waals surface area contributed by atoms with Crippen molar-refractivity contribution in [3.63, 3.8) is 0 Å². The third-order valence-electron chi connectivity index (χ3n) is 2.14. The van der Waals surface area contributed by atoms with Gasteiger partial charge in [-0.25, -0.2) is 0 Å². The molecule has 0 amide bonds. The summed E-state index contributed by atoms with van der Waals surface area (Å²) in [6.45, 7) is 6.34. The Kier molecular flexibility index (Phi) is 6.17. The van der Waals surface area contributed by atoms with Gasteiger partial charge in [-0.3, -0.25) is 4.79 Å². The van der Waals surface area contributed by atoms with Crippen molar-refractivity contribution in [2.24, 2.45) is 0 Å². The van der Waals surface area contributed by atoms with Crippen LogP contribution in [0, 0.1) is 0 Å². The lowest BCUT2D eigenvalue weighted by Crippen LogP contribution is -2.24. The maximum atomic E-state index is 11.6. The molecular formula is C14H20ClNO2S. The van der Waals surface area contributed by atoms with E-state index in [9.17, 15) is 4.79 Å². The van der Waals surface area contributed by atoms with Gasteiger partial charge in [-0.1, -0.05) is 17.7 Å². The molecule has 0 aliphatic heterocycles. The summed E-state index contributed by atoms with van der Waals surface area (Å²) in [7, 11) is 1.89. The van der Waals surface area contributed by atoms with Crippen LogP contribution in [0.25, 0.3) is 0 Å². The minimum atomic E-state index is -0.446. The summed E-state index contributed by atoms with van der Waals surface area (Å²) in [6.07, 6.45) is 0. The van der Waals surface area contributed by atoms with Gasteiger partial charge in [0.25, 0.3) is 0 Å². The van der Waals surface area contributed by atoms with Crippen molar-refractivity contribution in [1.82, 2.24) is 5.32 Å². The third-order valence-corrected chi connectivity index (χ3v) is 3.61. The zero-order valence-corrected chi connectivity index (χ0v) is 13.3. The summed E-state index contributed by atoms with van der Waals surface area (Å²) in [4.78, 5) is 12.5. The lowest BCUT2D eigenvalue weighted by molar-refractivity contribution is -0.151. The summed E-state index contributed by atoms with van der Waals surface area (Å²) in [5.41, 5.74) is 0.673. The van der Waals surface area contributed by atoms with E-state index in [-0.39, 0.29) is 11.7 Å². The number of esters is 1. The van der Waals surface area contributed by atoms with Crippen LogP contribution in [0.2, 0.25) is 5.02 Å². The zero-order chi connectivity index (χ0) is 14.5. The molecule has 0 heterocycles. The lowest BCUT2D eigenvalue weighted by atomic mass is 10.2. The van der Waals surface area contributed by atoms with E-state index in [0.29, 0.717) is 5.02 Å². The highest BCUT2D eigenvalue weighted by Crippen LogP contribution is 2.28. The first kappa shape index (κ1) is 16.3. The molecule has 1 aromatic rings. The number of hydrogen-bond acceptors (Lipinski definition) is 4. The third kappa shape index (κ3) is 6.32. The Morgan fingerprint density at radius 2 is 2.11 bits per heavy atom. The molecule has 0 aliphatic carbocycles. The van der Waals surface area contributed by atoms with Gasteiger partial charge >= 0.3 is 5.97 Å². The molecule has 106 valence electrons. The molecule has 0 radical (unpaired) electrons. The van der Waals surface area contributed by atoms with Crippen molar-refractivity contribution >= 4 is 29.3 Å². The number of carbonyl (C=O) groups excluding carboxylic acids is 1. The van der Waals surface area contributed by atoms with Crippen molar-refractivity contribution in [1.29, 1.82) is 0 Å². The Bertz CT molecular complexity index is 444. The highest BCUT2D eigenvalue weighted by molar-refractivity contribution is 8.00. The predicted molar refractivity (Wildman–Crippen MR) is 80.8 cm³/mol. The van der Waals surface area contributed by atoms with E-state index in [1.165, 1.54) is 11.8 Å². The number of carbonyl (C=O) groups is 1. The van der Waals surface area contributed by atoms with E-state index in [1.54, 1.807) is 0 Å². The molecule has 0 aromatic heterocycles. The second-order valence-electron chi connectivity index (χ2n) is 5.17. The molecule has 0 spiro atoms. The molecule has 0 aliphatic rings. The van der Waals surface area contributed by atoms with Crippen LogP contribution in [0.5, 0.6) is 0 Å². The van der Waals surface area contributed by atoms with Gasteiger partial charge < -0.3 is 10.1 Å². The number of ether oxygens (including phenoxy) is 1. The fourth-order valence-corrected chi connectivity index (χ4v) is 2.54. The number of benzene rings is 1. The lowest BCUT2D eigenvalue weighted by Gasteiger charge is -2.19. The predicted octanol–water partition coefficient (Wildman–Crippen LogP) is 3.49. The molecule has 0 unspecified atom stereocenters. The van der Waals surface area contributed by atoms with E-state index in [4.69, 9.17) is 16.3 Å². The molecule has 3 nitrogen and oxygen atoms in total. The highest BCUT2D eigenvalue weighted by atomic mass is 35.5. The van der Waals surface area contributed by atoms with Crippen LogP contribution in [-0.4, -0.2) is 24.4 Å². The van der Waals surface area contributed by atoms with Gasteiger partial charge in [-0.15, -0.1) is 11.8 Å². The second-order valence-corrected chi connectivity index (χ2v) is 6.59. The van der Waals surface area contributed by atoms with Gasteiger partial charge in [0, 0.05) is 11.4 Å². The Balaban J connectivity index is 2.56. The van der Waals surface area contributed by atoms with Crippen molar-refractivity contribution in [3.05, 3.63) is 28.8 Å². The molecule has 0 fully saturated rings. The van der Waals surface area contributed by atoms with Gasteiger partial charge in [-0.2, -0.15) is 0 Å². The number of nitrogens with one attached hydrogen (secondary N) is 1. The molecule has 1 rings (SSSR count). The maximum absolute atomic E-state index is 11.6. The Hall–Kier alpha value is -0.710. The Morgan fingerprint density at radius 1 is 1.42 bits per heavy atom. The first-order valence-electron chi connectivity index (χ1n) is 6.09. The van der Waals surface area contributed by atoms with Gasteiger partial charge in [0.2, 0.25) is 0 Å². The van der Waals surface area contributed by atoms with E-state index in [2.05, 4.69) is 5.32 Å². The van der Waals surface area contributed by atoms with Crippen LogP contribution >= 0.6 is 23.4 Å². The molecular weight excluding hydrogens is 282 g/mol. The van der Waals surface area contributed by atoms with Crippen molar-refractivity contribution in [2.45, 2.75) is 37.8 Å². The van der Waals surface area contributed by atoms with Gasteiger partial charge in [0.15, 0.2) is 0 Å². The summed E-state index contributed by atoms with van der Waals surface area (Å²) < 4.78 is 5.25. The molecule has 1 N–H and O–H groups in total. The highest BCUT2D eigenvalue weighted by Gasteiger charge is 2.16. The van der Waals surface area contributed by atoms with Gasteiger partial charge in [-0.05, 0) is 45.5 Å². The average molecular weight is 302 g/mol. The number of halogens is 1. The largest absolute Gasteiger partial charge is 0.459 e. The summed E-state index contributed by atoms with van der Waals surface area (Å²) in [5.74, 6) is 0.0374. The van der Waals surface area contributed by atoms with Crippen molar-refractivity contribution in [3.8, 4) is 0 Å². The molecule has 0 saturated heterocycles. The Morgan fingerprint density at radius 3 is 2.63 bits per heavy atom.